The lowest BCUT2D eigenvalue weighted by molar-refractivity contribution is -0.231. The van der Waals surface area contributed by atoms with Gasteiger partial charge in [-0.15, -0.1) is 0 Å². The van der Waals surface area contributed by atoms with Crippen molar-refractivity contribution in [3.63, 3.8) is 0 Å². The van der Waals surface area contributed by atoms with Crippen molar-refractivity contribution >= 4 is 0 Å². The zero-order valence-corrected chi connectivity index (χ0v) is 14.4. The molecule has 0 aromatic carbocycles. The van der Waals surface area contributed by atoms with E-state index in [9.17, 15) is 10.2 Å². The molecule has 138 valence electrons. The number of aromatic nitrogens is 3. The van der Waals surface area contributed by atoms with Crippen molar-refractivity contribution < 1.29 is 24.2 Å². The topological polar surface area (TPSA) is 111 Å². The van der Waals surface area contributed by atoms with Gasteiger partial charge in [-0.05, 0) is 32.1 Å². The van der Waals surface area contributed by atoms with Gasteiger partial charge >= 0.3 is 0 Å². The van der Waals surface area contributed by atoms with E-state index in [1.807, 2.05) is 0 Å². The number of hydrogen-bond donors (Lipinski definition) is 2. The summed E-state index contributed by atoms with van der Waals surface area (Å²) in [7, 11) is 0. The molecule has 3 heterocycles. The van der Waals surface area contributed by atoms with E-state index >= 15 is 0 Å². The maximum atomic E-state index is 9.69. The zero-order chi connectivity index (χ0) is 17.8. The summed E-state index contributed by atoms with van der Waals surface area (Å²) < 4.78 is 18.0. The molecule has 1 aliphatic heterocycles. The molecule has 0 unspecified atom stereocenters. The van der Waals surface area contributed by atoms with Crippen LogP contribution in [0.25, 0.3) is 11.6 Å². The molecule has 26 heavy (non-hydrogen) atoms. The fourth-order valence-corrected chi connectivity index (χ4v) is 5.01. The minimum Gasteiger partial charge on any atom is -0.493 e. The van der Waals surface area contributed by atoms with Crippen LogP contribution in [-0.2, 0) is 21.3 Å². The predicted molar refractivity (Wildman–Crippen MR) is 88.6 cm³/mol. The highest BCUT2D eigenvalue weighted by atomic mass is 16.7. The van der Waals surface area contributed by atoms with Crippen molar-refractivity contribution in [2.75, 3.05) is 13.2 Å². The van der Waals surface area contributed by atoms with Crippen LogP contribution in [0.15, 0.2) is 10.6 Å². The van der Waals surface area contributed by atoms with Crippen LogP contribution in [0.5, 0.6) is 11.8 Å². The lowest BCUT2D eigenvalue weighted by Crippen LogP contribution is -2.56. The highest BCUT2D eigenvalue weighted by Gasteiger charge is 2.61. The summed E-state index contributed by atoms with van der Waals surface area (Å²) in [5.74, 6) is -0.689. The second kappa shape index (κ2) is 5.65. The molecule has 8 nitrogen and oxygen atoms in total. The Morgan fingerprint density at radius 3 is 2.38 bits per heavy atom. The summed E-state index contributed by atoms with van der Waals surface area (Å²) in [6.07, 6.45) is 6.66. The largest absolute Gasteiger partial charge is 0.493 e. The maximum absolute atomic E-state index is 9.69. The molecule has 5 rings (SSSR count). The summed E-state index contributed by atoms with van der Waals surface area (Å²) in [5.41, 5.74) is 1.48. The third kappa shape index (κ3) is 2.12. The summed E-state index contributed by atoms with van der Waals surface area (Å²) in [5, 5.41) is 23.8. The van der Waals surface area contributed by atoms with E-state index in [4.69, 9.17) is 14.0 Å². The molecular weight excluding hydrogens is 338 g/mol. The van der Waals surface area contributed by atoms with Gasteiger partial charge in [0.25, 0.3) is 0 Å². The summed E-state index contributed by atoms with van der Waals surface area (Å²) >= 11 is 0. The lowest BCUT2D eigenvalue weighted by atomic mass is 9.61. The highest BCUT2D eigenvalue weighted by molar-refractivity contribution is 5.57. The van der Waals surface area contributed by atoms with Crippen LogP contribution in [0.2, 0.25) is 0 Å². The Kier molecular flexibility index (Phi) is 3.48. The molecule has 3 aliphatic rings. The third-order valence-electron chi connectivity index (χ3n) is 6.02. The molecule has 8 heteroatoms. The minimum absolute atomic E-state index is 0.145. The van der Waals surface area contributed by atoms with Gasteiger partial charge in [-0.3, -0.25) is 0 Å². The molecule has 0 amide bonds. The smallest absolute Gasteiger partial charge is 0.218 e. The molecule has 1 saturated carbocycles. The average molecular weight is 359 g/mol. The molecule has 0 bridgehead atoms. The van der Waals surface area contributed by atoms with E-state index in [0.717, 1.165) is 62.3 Å². The van der Waals surface area contributed by atoms with E-state index in [-0.39, 0.29) is 23.0 Å². The van der Waals surface area contributed by atoms with Gasteiger partial charge in [0.15, 0.2) is 5.79 Å². The van der Waals surface area contributed by atoms with Crippen LogP contribution < -0.4 is 0 Å². The van der Waals surface area contributed by atoms with Crippen LogP contribution in [-0.4, -0.2) is 44.3 Å². The van der Waals surface area contributed by atoms with Crippen molar-refractivity contribution in [1.29, 1.82) is 0 Å². The summed E-state index contributed by atoms with van der Waals surface area (Å²) in [6.45, 7) is 1.21. The van der Waals surface area contributed by atoms with Gasteiger partial charge in [0.1, 0.15) is 0 Å². The van der Waals surface area contributed by atoms with Crippen LogP contribution in [0.4, 0.5) is 0 Å². The molecule has 1 saturated heterocycles. The number of nitrogens with zero attached hydrogens (tertiary/aromatic N) is 3. The van der Waals surface area contributed by atoms with Gasteiger partial charge in [-0.25, -0.2) is 0 Å². The molecule has 2 aliphatic carbocycles. The number of rotatable bonds is 1. The second-order valence-corrected chi connectivity index (χ2v) is 7.34. The Morgan fingerprint density at radius 2 is 1.62 bits per heavy atom. The van der Waals surface area contributed by atoms with Gasteiger partial charge in [0.05, 0.1) is 30.4 Å². The number of fused-ring (bicyclic) bond motifs is 3. The summed E-state index contributed by atoms with van der Waals surface area (Å²) in [6, 6.07) is 1.09. The Balaban J connectivity index is 1.65. The molecule has 2 aromatic rings. The Bertz CT molecular complexity index is 825. The maximum Gasteiger partial charge on any atom is 0.218 e. The fourth-order valence-electron chi connectivity index (χ4n) is 5.01. The first-order valence-corrected chi connectivity index (χ1v) is 9.18. The van der Waals surface area contributed by atoms with Crippen LogP contribution in [0.1, 0.15) is 49.8 Å². The molecular formula is C18H21N3O5. The van der Waals surface area contributed by atoms with Crippen LogP contribution in [0, 0.1) is 0 Å². The standard InChI is InChI=1S/C18H21N3O5/c22-12-10-13(23)20-16(19-12)14-11-4-3-6-17(15(11)21-26-14)5-1-2-7-18(17)24-8-9-25-18/h10H,1-9H2,(H2,19,20,22,23)/t17-/m0/s1. The molecule has 2 spiro atoms. The van der Waals surface area contributed by atoms with Crippen molar-refractivity contribution in [1.82, 2.24) is 15.1 Å². The fraction of sp³-hybridized carbons (Fsp3) is 0.611. The van der Waals surface area contributed by atoms with Crippen molar-refractivity contribution in [3.8, 4) is 23.3 Å². The molecule has 2 fully saturated rings. The van der Waals surface area contributed by atoms with Crippen molar-refractivity contribution in [2.45, 2.75) is 56.1 Å². The van der Waals surface area contributed by atoms with Crippen molar-refractivity contribution in [2.24, 2.45) is 0 Å². The predicted octanol–water partition coefficient (Wildman–Crippen LogP) is 2.43. The normalized spacial score (nSPS) is 27.1. The Morgan fingerprint density at radius 1 is 0.923 bits per heavy atom. The second-order valence-electron chi connectivity index (χ2n) is 7.34. The van der Waals surface area contributed by atoms with Gasteiger partial charge in [-0.2, -0.15) is 9.97 Å². The van der Waals surface area contributed by atoms with E-state index in [0.29, 0.717) is 19.0 Å². The molecule has 2 N–H and O–H groups in total. The Hall–Kier alpha value is -2.19. The van der Waals surface area contributed by atoms with E-state index in [1.165, 1.54) is 0 Å². The molecule has 0 radical (unpaired) electrons. The SMILES string of the molecule is Oc1cc(O)nc(-c2onc3c2CCC[C@@]32CCCCC23OCCO3)n1. The van der Waals surface area contributed by atoms with Gasteiger partial charge in [-0.1, -0.05) is 11.6 Å². The molecule has 1 atom stereocenters. The van der Waals surface area contributed by atoms with Gasteiger partial charge < -0.3 is 24.2 Å². The summed E-state index contributed by atoms with van der Waals surface area (Å²) in [4.78, 5) is 7.99. The van der Waals surface area contributed by atoms with Gasteiger partial charge in [0.2, 0.25) is 23.3 Å². The lowest BCUT2D eigenvalue weighted by Gasteiger charge is -2.50. The monoisotopic (exact) mass is 359 g/mol. The Labute approximate surface area is 150 Å². The first kappa shape index (κ1) is 16.0. The molecule has 2 aromatic heterocycles. The number of ether oxygens (including phenoxy) is 2. The van der Waals surface area contributed by atoms with E-state index < -0.39 is 5.79 Å². The van der Waals surface area contributed by atoms with Crippen molar-refractivity contribution in [3.05, 3.63) is 17.3 Å². The van der Waals surface area contributed by atoms with E-state index in [2.05, 4.69) is 15.1 Å². The number of hydrogen-bond acceptors (Lipinski definition) is 8. The van der Waals surface area contributed by atoms with Gasteiger partial charge in [0, 0.05) is 12.0 Å². The zero-order valence-electron chi connectivity index (χ0n) is 14.4. The average Bonchev–Trinajstić information content (AvgIpc) is 3.26. The van der Waals surface area contributed by atoms with Crippen LogP contribution >= 0.6 is 0 Å². The first-order chi connectivity index (χ1) is 12.6. The first-order valence-electron chi connectivity index (χ1n) is 9.18. The third-order valence-corrected chi connectivity index (χ3v) is 6.02. The number of aromatic hydroxyl groups is 2. The quantitative estimate of drug-likeness (QED) is 0.799. The highest BCUT2D eigenvalue weighted by Crippen LogP contribution is 2.56. The van der Waals surface area contributed by atoms with E-state index in [1.54, 1.807) is 0 Å². The minimum atomic E-state index is -0.629. The van der Waals surface area contributed by atoms with Crippen LogP contribution in [0.3, 0.4) is 0 Å².